The van der Waals surface area contributed by atoms with Crippen molar-refractivity contribution < 1.29 is 4.74 Å². The van der Waals surface area contributed by atoms with Crippen molar-refractivity contribution in [1.29, 1.82) is 0 Å². The first kappa shape index (κ1) is 12.9. The number of hydrogen-bond donors (Lipinski definition) is 1. The van der Waals surface area contributed by atoms with Crippen LogP contribution in [0.2, 0.25) is 0 Å². The first-order valence-electron chi connectivity index (χ1n) is 5.55. The maximum atomic E-state index is 5.66. The van der Waals surface area contributed by atoms with Crippen LogP contribution in [0.25, 0.3) is 0 Å². The van der Waals surface area contributed by atoms with Crippen LogP contribution in [0.5, 0.6) is 0 Å². The Balaban J connectivity index is 3.32. The summed E-state index contributed by atoms with van der Waals surface area (Å²) in [4.78, 5) is 0. The van der Waals surface area contributed by atoms with Gasteiger partial charge in [0.05, 0.1) is 6.10 Å². The number of unbranched alkanes of at least 4 members (excludes halogenated alkanes) is 1. The topological polar surface area (TPSA) is 21.3 Å². The van der Waals surface area contributed by atoms with E-state index in [1.54, 1.807) is 0 Å². The van der Waals surface area contributed by atoms with Crippen molar-refractivity contribution in [3.8, 4) is 0 Å². The SMILES string of the molecule is CCCCOC(C)CC(C)NCC. The minimum absolute atomic E-state index is 0.389. The van der Waals surface area contributed by atoms with Gasteiger partial charge in [-0.15, -0.1) is 0 Å². The summed E-state index contributed by atoms with van der Waals surface area (Å²) in [6.07, 6.45) is 3.90. The minimum atomic E-state index is 0.389. The highest BCUT2D eigenvalue weighted by Gasteiger charge is 2.06. The van der Waals surface area contributed by atoms with E-state index >= 15 is 0 Å². The van der Waals surface area contributed by atoms with E-state index in [9.17, 15) is 0 Å². The van der Waals surface area contributed by atoms with Crippen molar-refractivity contribution in [2.75, 3.05) is 13.2 Å². The predicted molar refractivity (Wildman–Crippen MR) is 58.1 cm³/mol. The van der Waals surface area contributed by atoms with Crippen molar-refractivity contribution in [3.63, 3.8) is 0 Å². The Bertz CT molecular complexity index is 106. The molecule has 0 aliphatic heterocycles. The second kappa shape index (κ2) is 8.52. The number of ether oxygens (including phenoxy) is 1. The Morgan fingerprint density at radius 1 is 1.23 bits per heavy atom. The normalized spacial score (nSPS) is 15.7. The molecule has 0 aromatic heterocycles. The monoisotopic (exact) mass is 187 g/mol. The minimum Gasteiger partial charge on any atom is -0.378 e. The molecule has 0 heterocycles. The van der Waals surface area contributed by atoms with Gasteiger partial charge in [0.15, 0.2) is 0 Å². The maximum Gasteiger partial charge on any atom is 0.0561 e. The summed E-state index contributed by atoms with van der Waals surface area (Å²) >= 11 is 0. The molecule has 0 bridgehead atoms. The molecule has 0 spiro atoms. The molecule has 0 saturated carbocycles. The van der Waals surface area contributed by atoms with Crippen LogP contribution in [-0.4, -0.2) is 25.3 Å². The third kappa shape index (κ3) is 8.26. The summed E-state index contributed by atoms with van der Waals surface area (Å²) in [7, 11) is 0. The molecule has 2 heteroatoms. The highest BCUT2D eigenvalue weighted by molar-refractivity contribution is 4.63. The van der Waals surface area contributed by atoms with Gasteiger partial charge in [-0.2, -0.15) is 0 Å². The molecule has 2 unspecified atom stereocenters. The Kier molecular flexibility index (Phi) is 8.46. The lowest BCUT2D eigenvalue weighted by Gasteiger charge is -2.18. The molecule has 0 amide bonds. The molecule has 13 heavy (non-hydrogen) atoms. The van der Waals surface area contributed by atoms with Gasteiger partial charge in [-0.05, 0) is 33.2 Å². The van der Waals surface area contributed by atoms with Crippen molar-refractivity contribution in [2.45, 2.75) is 59.1 Å². The summed E-state index contributed by atoms with van der Waals surface area (Å²) in [5, 5.41) is 3.39. The highest BCUT2D eigenvalue weighted by atomic mass is 16.5. The van der Waals surface area contributed by atoms with E-state index in [1.165, 1.54) is 12.8 Å². The van der Waals surface area contributed by atoms with Gasteiger partial charge in [0, 0.05) is 12.6 Å². The zero-order valence-electron chi connectivity index (χ0n) is 9.60. The quantitative estimate of drug-likeness (QED) is 0.590. The molecular weight excluding hydrogens is 162 g/mol. The second-order valence-corrected chi connectivity index (χ2v) is 3.73. The molecule has 2 atom stereocenters. The summed E-state index contributed by atoms with van der Waals surface area (Å²) in [6.45, 7) is 10.7. The fourth-order valence-electron chi connectivity index (χ4n) is 1.43. The molecule has 1 N–H and O–H groups in total. The van der Waals surface area contributed by atoms with Crippen LogP contribution in [0.3, 0.4) is 0 Å². The van der Waals surface area contributed by atoms with Gasteiger partial charge in [0.1, 0.15) is 0 Å². The fourth-order valence-corrected chi connectivity index (χ4v) is 1.43. The van der Waals surface area contributed by atoms with Gasteiger partial charge < -0.3 is 10.1 Å². The van der Waals surface area contributed by atoms with Crippen LogP contribution in [0.1, 0.15) is 47.0 Å². The Labute approximate surface area is 83.1 Å². The first-order valence-corrected chi connectivity index (χ1v) is 5.55. The molecule has 0 aliphatic rings. The average Bonchev–Trinajstić information content (AvgIpc) is 2.05. The van der Waals surface area contributed by atoms with E-state index in [2.05, 4.69) is 33.0 Å². The van der Waals surface area contributed by atoms with Gasteiger partial charge in [-0.25, -0.2) is 0 Å². The van der Waals surface area contributed by atoms with Crippen LogP contribution < -0.4 is 5.32 Å². The van der Waals surface area contributed by atoms with Crippen LogP contribution >= 0.6 is 0 Å². The van der Waals surface area contributed by atoms with Crippen LogP contribution in [0, 0.1) is 0 Å². The van der Waals surface area contributed by atoms with Crippen molar-refractivity contribution in [1.82, 2.24) is 5.32 Å². The molecule has 0 aromatic carbocycles. The molecule has 0 rings (SSSR count). The average molecular weight is 187 g/mol. The molecule has 0 aromatic rings. The standard InChI is InChI=1S/C11H25NO/c1-5-7-8-13-11(4)9-10(3)12-6-2/h10-12H,5-9H2,1-4H3. The van der Waals surface area contributed by atoms with Crippen LogP contribution in [0.4, 0.5) is 0 Å². The zero-order chi connectivity index (χ0) is 10.1. The van der Waals surface area contributed by atoms with Crippen LogP contribution in [-0.2, 0) is 4.74 Å². The largest absolute Gasteiger partial charge is 0.378 e. The van der Waals surface area contributed by atoms with Gasteiger partial charge in [0.25, 0.3) is 0 Å². The molecule has 0 fully saturated rings. The first-order chi connectivity index (χ1) is 6.20. The molecular formula is C11H25NO. The molecule has 0 saturated heterocycles. The van der Waals surface area contributed by atoms with E-state index in [0.29, 0.717) is 12.1 Å². The Morgan fingerprint density at radius 3 is 2.46 bits per heavy atom. The molecule has 2 nitrogen and oxygen atoms in total. The third-order valence-electron chi connectivity index (χ3n) is 2.14. The molecule has 80 valence electrons. The van der Waals surface area contributed by atoms with Crippen LogP contribution in [0.15, 0.2) is 0 Å². The van der Waals surface area contributed by atoms with Crippen molar-refractivity contribution in [2.24, 2.45) is 0 Å². The number of rotatable bonds is 8. The zero-order valence-corrected chi connectivity index (χ0v) is 9.60. The lowest BCUT2D eigenvalue weighted by atomic mass is 10.1. The van der Waals surface area contributed by atoms with E-state index < -0.39 is 0 Å². The van der Waals surface area contributed by atoms with Gasteiger partial charge in [-0.1, -0.05) is 20.3 Å². The highest BCUT2D eigenvalue weighted by Crippen LogP contribution is 2.03. The summed E-state index contributed by atoms with van der Waals surface area (Å²) in [5.41, 5.74) is 0. The molecule has 0 aliphatic carbocycles. The Morgan fingerprint density at radius 2 is 1.92 bits per heavy atom. The summed E-state index contributed by atoms with van der Waals surface area (Å²) in [5.74, 6) is 0. The lowest BCUT2D eigenvalue weighted by molar-refractivity contribution is 0.0525. The summed E-state index contributed by atoms with van der Waals surface area (Å²) < 4.78 is 5.66. The fraction of sp³-hybridized carbons (Fsp3) is 1.00. The van der Waals surface area contributed by atoms with E-state index in [1.807, 2.05) is 0 Å². The van der Waals surface area contributed by atoms with E-state index in [-0.39, 0.29) is 0 Å². The molecule has 0 radical (unpaired) electrons. The smallest absolute Gasteiger partial charge is 0.0561 e. The second-order valence-electron chi connectivity index (χ2n) is 3.73. The predicted octanol–water partition coefficient (Wildman–Crippen LogP) is 2.58. The van der Waals surface area contributed by atoms with E-state index in [0.717, 1.165) is 19.6 Å². The van der Waals surface area contributed by atoms with E-state index in [4.69, 9.17) is 4.74 Å². The van der Waals surface area contributed by atoms with Gasteiger partial charge in [-0.3, -0.25) is 0 Å². The maximum absolute atomic E-state index is 5.66. The third-order valence-corrected chi connectivity index (χ3v) is 2.14. The lowest BCUT2D eigenvalue weighted by Crippen LogP contribution is -2.29. The van der Waals surface area contributed by atoms with Crippen molar-refractivity contribution >= 4 is 0 Å². The summed E-state index contributed by atoms with van der Waals surface area (Å²) in [6, 6.07) is 0.571. The van der Waals surface area contributed by atoms with Gasteiger partial charge >= 0.3 is 0 Å². The Hall–Kier alpha value is -0.0800. The number of nitrogens with one attached hydrogen (secondary N) is 1. The van der Waals surface area contributed by atoms with Crippen molar-refractivity contribution in [3.05, 3.63) is 0 Å². The number of hydrogen-bond acceptors (Lipinski definition) is 2. The van der Waals surface area contributed by atoms with Gasteiger partial charge in [0.2, 0.25) is 0 Å².